The van der Waals surface area contributed by atoms with Crippen molar-refractivity contribution in [2.75, 3.05) is 13.1 Å². The Morgan fingerprint density at radius 1 is 1.00 bits per heavy atom. The Labute approximate surface area is 121 Å². The molecule has 0 unspecified atom stereocenters. The minimum atomic E-state index is -1.36. The van der Waals surface area contributed by atoms with E-state index in [1.807, 2.05) is 0 Å². The van der Waals surface area contributed by atoms with Crippen molar-refractivity contribution in [3.8, 4) is 0 Å². The summed E-state index contributed by atoms with van der Waals surface area (Å²) >= 11 is 0. The third kappa shape index (κ3) is 3.79. The van der Waals surface area contributed by atoms with Gasteiger partial charge in [0.2, 0.25) is 0 Å². The molecule has 1 rings (SSSR count). The minimum absolute atomic E-state index is 0.0730. The van der Waals surface area contributed by atoms with Gasteiger partial charge in [-0.05, 0) is 18.2 Å². The number of carboxylic acids is 2. The number of carbonyl (C=O) groups is 3. The van der Waals surface area contributed by atoms with Crippen LogP contribution in [0, 0.1) is 0 Å². The Morgan fingerprint density at radius 3 is 2.00 bits per heavy atom. The largest absolute Gasteiger partial charge is 0.478 e. The number of carboxylic acid groups (broad SMARTS) is 2. The fraction of sp³-hybridized carbons (Fsp3) is 0.133. The van der Waals surface area contributed by atoms with E-state index >= 15 is 0 Å². The number of carbonyl (C=O) groups excluding carboxylic acids is 1. The first-order valence-corrected chi connectivity index (χ1v) is 6.04. The molecule has 110 valence electrons. The molecule has 0 aliphatic carbocycles. The van der Waals surface area contributed by atoms with E-state index in [1.165, 1.54) is 29.2 Å². The monoisotopic (exact) mass is 289 g/mol. The minimum Gasteiger partial charge on any atom is -0.478 e. The molecule has 0 saturated heterocycles. The number of aromatic carboxylic acids is 2. The van der Waals surface area contributed by atoms with E-state index in [2.05, 4.69) is 13.2 Å². The third-order valence-corrected chi connectivity index (χ3v) is 2.71. The zero-order valence-corrected chi connectivity index (χ0v) is 11.3. The first-order valence-electron chi connectivity index (χ1n) is 6.04. The molecule has 2 N–H and O–H groups in total. The summed E-state index contributed by atoms with van der Waals surface area (Å²) in [6.07, 6.45) is 3.01. The molecule has 1 aromatic rings. The second-order valence-corrected chi connectivity index (χ2v) is 4.16. The molecule has 6 nitrogen and oxygen atoms in total. The van der Waals surface area contributed by atoms with Crippen LogP contribution in [0.25, 0.3) is 0 Å². The van der Waals surface area contributed by atoms with E-state index in [0.29, 0.717) is 0 Å². The number of hydrogen-bond donors (Lipinski definition) is 2. The molecule has 1 aromatic carbocycles. The van der Waals surface area contributed by atoms with Gasteiger partial charge in [-0.1, -0.05) is 12.2 Å². The summed E-state index contributed by atoms with van der Waals surface area (Å²) in [5.74, 6) is -3.15. The predicted molar refractivity (Wildman–Crippen MR) is 76.7 cm³/mol. The van der Waals surface area contributed by atoms with Crippen LogP contribution >= 0.6 is 0 Å². The molecule has 0 aliphatic heterocycles. The van der Waals surface area contributed by atoms with Gasteiger partial charge in [-0.3, -0.25) is 4.79 Å². The molecule has 0 aromatic heterocycles. The molecular weight excluding hydrogens is 274 g/mol. The van der Waals surface area contributed by atoms with Crippen LogP contribution in [0.1, 0.15) is 31.1 Å². The number of amides is 1. The van der Waals surface area contributed by atoms with E-state index in [0.717, 1.165) is 6.07 Å². The van der Waals surface area contributed by atoms with Crippen molar-refractivity contribution in [3.63, 3.8) is 0 Å². The zero-order valence-electron chi connectivity index (χ0n) is 11.3. The van der Waals surface area contributed by atoms with Crippen LogP contribution in [0.15, 0.2) is 43.5 Å². The molecule has 0 bridgehead atoms. The lowest BCUT2D eigenvalue weighted by Crippen LogP contribution is -2.32. The molecule has 0 spiro atoms. The molecular formula is C15H15NO5. The van der Waals surface area contributed by atoms with Gasteiger partial charge < -0.3 is 15.1 Å². The summed E-state index contributed by atoms with van der Waals surface area (Å²) in [5.41, 5.74) is -0.614. The van der Waals surface area contributed by atoms with Crippen molar-refractivity contribution < 1.29 is 24.6 Å². The fourth-order valence-corrected chi connectivity index (χ4v) is 1.76. The molecule has 21 heavy (non-hydrogen) atoms. The van der Waals surface area contributed by atoms with Crippen molar-refractivity contribution in [1.29, 1.82) is 0 Å². The lowest BCUT2D eigenvalue weighted by molar-refractivity contribution is 0.0680. The maximum atomic E-state index is 12.4. The highest BCUT2D eigenvalue weighted by Crippen LogP contribution is 2.15. The van der Waals surface area contributed by atoms with E-state index in [4.69, 9.17) is 10.2 Å². The zero-order chi connectivity index (χ0) is 16.0. The Hall–Kier alpha value is -2.89. The highest BCUT2D eigenvalue weighted by atomic mass is 16.4. The van der Waals surface area contributed by atoms with Crippen LogP contribution < -0.4 is 0 Å². The maximum Gasteiger partial charge on any atom is 0.336 e. The molecule has 0 radical (unpaired) electrons. The highest BCUT2D eigenvalue weighted by molar-refractivity contribution is 6.06. The summed E-state index contributed by atoms with van der Waals surface area (Å²) in [7, 11) is 0. The van der Waals surface area contributed by atoms with Crippen molar-refractivity contribution >= 4 is 17.8 Å². The number of nitrogens with zero attached hydrogens (tertiary/aromatic N) is 1. The van der Waals surface area contributed by atoms with Crippen LogP contribution in [0.5, 0.6) is 0 Å². The molecule has 0 aliphatic rings. The molecule has 0 atom stereocenters. The van der Waals surface area contributed by atoms with Gasteiger partial charge in [0, 0.05) is 13.1 Å². The summed E-state index contributed by atoms with van der Waals surface area (Å²) in [4.78, 5) is 35.8. The second kappa shape index (κ2) is 7.04. The number of benzene rings is 1. The second-order valence-electron chi connectivity index (χ2n) is 4.16. The van der Waals surface area contributed by atoms with E-state index < -0.39 is 17.8 Å². The summed E-state index contributed by atoms with van der Waals surface area (Å²) in [5, 5.41) is 18.0. The van der Waals surface area contributed by atoms with Gasteiger partial charge in [0.05, 0.1) is 16.7 Å². The fourth-order valence-electron chi connectivity index (χ4n) is 1.76. The Balaban J connectivity index is 3.30. The van der Waals surface area contributed by atoms with Crippen molar-refractivity contribution in [1.82, 2.24) is 4.90 Å². The number of rotatable bonds is 7. The van der Waals surface area contributed by atoms with Crippen LogP contribution in [-0.4, -0.2) is 46.0 Å². The summed E-state index contributed by atoms with van der Waals surface area (Å²) in [6, 6.07) is 3.37. The summed E-state index contributed by atoms with van der Waals surface area (Å²) in [6.45, 7) is 7.52. The third-order valence-electron chi connectivity index (χ3n) is 2.71. The van der Waals surface area contributed by atoms with Gasteiger partial charge in [0.1, 0.15) is 0 Å². The standard InChI is InChI=1S/C15H15NO5/c1-3-7-16(8-4-2)13(17)11-6-5-10(14(18)19)9-12(11)15(20)21/h3-6,9H,1-2,7-8H2,(H,18,19)(H,20,21). The van der Waals surface area contributed by atoms with Gasteiger partial charge in [-0.25, -0.2) is 9.59 Å². The molecule has 0 saturated carbocycles. The van der Waals surface area contributed by atoms with Crippen LogP contribution in [0.2, 0.25) is 0 Å². The average molecular weight is 289 g/mol. The predicted octanol–water partition coefficient (Wildman–Crippen LogP) is 1.90. The molecule has 0 heterocycles. The molecule has 1 amide bonds. The average Bonchev–Trinajstić information content (AvgIpc) is 2.45. The first-order chi connectivity index (χ1) is 9.92. The lowest BCUT2D eigenvalue weighted by atomic mass is 10.0. The van der Waals surface area contributed by atoms with Crippen LogP contribution in [0.4, 0.5) is 0 Å². The van der Waals surface area contributed by atoms with Gasteiger partial charge >= 0.3 is 11.9 Å². The maximum absolute atomic E-state index is 12.4. The molecule has 0 fully saturated rings. The SMILES string of the molecule is C=CCN(CC=C)C(=O)c1ccc(C(=O)O)cc1C(=O)O. The number of hydrogen-bond acceptors (Lipinski definition) is 3. The van der Waals surface area contributed by atoms with Crippen molar-refractivity contribution in [3.05, 3.63) is 60.2 Å². The van der Waals surface area contributed by atoms with Crippen molar-refractivity contribution in [2.45, 2.75) is 0 Å². The molecule has 6 heteroatoms. The van der Waals surface area contributed by atoms with E-state index in [-0.39, 0.29) is 29.8 Å². The Bertz CT molecular complexity index is 596. The Kier molecular flexibility index (Phi) is 5.42. The lowest BCUT2D eigenvalue weighted by Gasteiger charge is -2.20. The van der Waals surface area contributed by atoms with Gasteiger partial charge in [0.15, 0.2) is 0 Å². The normalized spacial score (nSPS) is 9.71. The Morgan fingerprint density at radius 2 is 1.57 bits per heavy atom. The van der Waals surface area contributed by atoms with E-state index in [1.54, 1.807) is 0 Å². The highest BCUT2D eigenvalue weighted by Gasteiger charge is 2.22. The topological polar surface area (TPSA) is 94.9 Å². The van der Waals surface area contributed by atoms with Crippen molar-refractivity contribution in [2.24, 2.45) is 0 Å². The smallest absolute Gasteiger partial charge is 0.336 e. The van der Waals surface area contributed by atoms with Gasteiger partial charge in [-0.2, -0.15) is 0 Å². The van der Waals surface area contributed by atoms with Gasteiger partial charge in [0.25, 0.3) is 5.91 Å². The summed E-state index contributed by atoms with van der Waals surface area (Å²) < 4.78 is 0. The first kappa shape index (κ1) is 16.2. The van der Waals surface area contributed by atoms with Crippen LogP contribution in [-0.2, 0) is 0 Å². The van der Waals surface area contributed by atoms with Crippen LogP contribution in [0.3, 0.4) is 0 Å². The van der Waals surface area contributed by atoms with Gasteiger partial charge in [-0.15, -0.1) is 13.2 Å². The van der Waals surface area contributed by atoms with E-state index in [9.17, 15) is 14.4 Å². The quantitative estimate of drug-likeness (QED) is 0.747.